The second-order valence-corrected chi connectivity index (χ2v) is 8.17. The van der Waals surface area contributed by atoms with Gasteiger partial charge in [0.2, 0.25) is 5.91 Å². The Balaban J connectivity index is 1.67. The fraction of sp³-hybridized carbons (Fsp3) is 0.435. The highest BCUT2D eigenvalue weighted by atomic mass is 16.3. The zero-order chi connectivity index (χ0) is 19.4. The average molecular weight is 367 g/mol. The zero-order valence-electron chi connectivity index (χ0n) is 16.3. The van der Waals surface area contributed by atoms with Gasteiger partial charge in [-0.3, -0.25) is 4.79 Å². The molecule has 1 saturated heterocycles. The minimum Gasteiger partial charge on any atom is -0.508 e. The fourth-order valence-electron chi connectivity index (χ4n) is 4.24. The minimum absolute atomic E-state index is 0.0247. The van der Waals surface area contributed by atoms with Crippen LogP contribution in [0, 0.1) is 11.8 Å². The molecule has 4 nitrogen and oxygen atoms in total. The number of amides is 1. The van der Waals surface area contributed by atoms with Gasteiger partial charge < -0.3 is 15.7 Å². The van der Waals surface area contributed by atoms with Gasteiger partial charge in [-0.25, -0.2) is 0 Å². The van der Waals surface area contributed by atoms with Crippen LogP contribution in [0.25, 0.3) is 0 Å². The van der Waals surface area contributed by atoms with E-state index in [1.54, 1.807) is 6.07 Å². The van der Waals surface area contributed by atoms with Crippen molar-refractivity contribution in [2.75, 3.05) is 19.6 Å². The van der Waals surface area contributed by atoms with Crippen molar-refractivity contribution >= 4 is 5.91 Å². The monoisotopic (exact) mass is 366 g/mol. The van der Waals surface area contributed by atoms with E-state index in [-0.39, 0.29) is 17.2 Å². The van der Waals surface area contributed by atoms with Gasteiger partial charge in [-0.2, -0.15) is 0 Å². The zero-order valence-corrected chi connectivity index (χ0v) is 16.3. The van der Waals surface area contributed by atoms with Crippen LogP contribution in [0.1, 0.15) is 31.4 Å². The number of piperidine rings is 1. The molecule has 0 spiro atoms. The number of likely N-dealkylation sites (tertiary alicyclic amines) is 1. The van der Waals surface area contributed by atoms with Gasteiger partial charge in [0.25, 0.3) is 0 Å². The normalized spacial score (nSPS) is 24.4. The summed E-state index contributed by atoms with van der Waals surface area (Å²) in [4.78, 5) is 14.4. The van der Waals surface area contributed by atoms with Gasteiger partial charge in [-0.15, -0.1) is 0 Å². The Hall–Kier alpha value is -2.33. The SMILES string of the molecule is C[C@@H]1CN(C[C@@H](Cc2ccccc2)C(N)=O)CC[C@]1(C)c1cccc(O)c1. The number of hydrogen-bond acceptors (Lipinski definition) is 3. The molecule has 3 atom stereocenters. The molecule has 2 aromatic carbocycles. The summed E-state index contributed by atoms with van der Waals surface area (Å²) >= 11 is 0. The molecule has 0 aliphatic carbocycles. The highest BCUT2D eigenvalue weighted by molar-refractivity contribution is 5.77. The Morgan fingerprint density at radius 1 is 1.26 bits per heavy atom. The van der Waals surface area contributed by atoms with Crippen molar-refractivity contribution < 1.29 is 9.90 Å². The standard InChI is InChI=1S/C23H30N2O2/c1-17-15-25(12-11-23(17,2)20-9-6-10-21(26)14-20)16-19(22(24)27)13-18-7-4-3-5-8-18/h3-10,14,17,19,26H,11-13,15-16H2,1-2H3,(H2,24,27)/t17-,19-,23+/m1/s1. The second kappa shape index (κ2) is 8.13. The van der Waals surface area contributed by atoms with E-state index in [2.05, 4.69) is 24.8 Å². The van der Waals surface area contributed by atoms with Crippen molar-refractivity contribution in [2.45, 2.75) is 32.1 Å². The maximum absolute atomic E-state index is 12.0. The third-order valence-corrected chi connectivity index (χ3v) is 6.28. The number of primary amides is 1. The van der Waals surface area contributed by atoms with Crippen molar-refractivity contribution in [1.29, 1.82) is 0 Å². The number of benzene rings is 2. The molecule has 0 saturated carbocycles. The Labute approximate surface area is 162 Å². The quantitative estimate of drug-likeness (QED) is 0.824. The molecule has 1 amide bonds. The van der Waals surface area contributed by atoms with Gasteiger partial charge in [-0.05, 0) is 54.0 Å². The van der Waals surface area contributed by atoms with Crippen LogP contribution in [-0.2, 0) is 16.6 Å². The number of carbonyl (C=O) groups is 1. The summed E-state index contributed by atoms with van der Waals surface area (Å²) in [7, 11) is 0. The third kappa shape index (κ3) is 4.51. The highest BCUT2D eigenvalue weighted by Crippen LogP contribution is 2.40. The number of phenols is 1. The highest BCUT2D eigenvalue weighted by Gasteiger charge is 2.38. The number of carbonyl (C=O) groups excluding carboxylic acids is 1. The molecule has 1 aliphatic rings. The molecule has 0 bridgehead atoms. The van der Waals surface area contributed by atoms with Crippen molar-refractivity contribution in [3.63, 3.8) is 0 Å². The molecule has 0 unspecified atom stereocenters. The Bertz CT molecular complexity index is 777. The van der Waals surface area contributed by atoms with Crippen LogP contribution in [0.4, 0.5) is 0 Å². The first-order chi connectivity index (χ1) is 12.9. The van der Waals surface area contributed by atoms with E-state index >= 15 is 0 Å². The first-order valence-electron chi connectivity index (χ1n) is 9.73. The molecule has 3 rings (SSSR count). The van der Waals surface area contributed by atoms with Crippen molar-refractivity contribution in [1.82, 2.24) is 4.90 Å². The Morgan fingerprint density at radius 2 is 2.00 bits per heavy atom. The lowest BCUT2D eigenvalue weighted by molar-refractivity contribution is -0.122. The van der Waals surface area contributed by atoms with Crippen molar-refractivity contribution in [2.24, 2.45) is 17.6 Å². The number of aromatic hydroxyl groups is 1. The number of nitrogens with two attached hydrogens (primary N) is 1. The van der Waals surface area contributed by atoms with Gasteiger partial charge >= 0.3 is 0 Å². The summed E-state index contributed by atoms with van der Waals surface area (Å²) in [6, 6.07) is 17.7. The van der Waals surface area contributed by atoms with Crippen LogP contribution in [0.15, 0.2) is 54.6 Å². The Morgan fingerprint density at radius 3 is 2.63 bits per heavy atom. The molecule has 27 heavy (non-hydrogen) atoms. The summed E-state index contributed by atoms with van der Waals surface area (Å²) in [6.45, 7) is 7.08. The third-order valence-electron chi connectivity index (χ3n) is 6.28. The van der Waals surface area contributed by atoms with Crippen LogP contribution < -0.4 is 5.73 Å². The lowest BCUT2D eigenvalue weighted by atomic mass is 9.68. The fourth-order valence-corrected chi connectivity index (χ4v) is 4.24. The van der Waals surface area contributed by atoms with Crippen molar-refractivity contribution in [3.05, 3.63) is 65.7 Å². The summed E-state index contributed by atoms with van der Waals surface area (Å²) in [6.07, 6.45) is 1.68. The lowest BCUT2D eigenvalue weighted by Gasteiger charge is -2.45. The molecule has 2 aromatic rings. The maximum Gasteiger partial charge on any atom is 0.222 e. The minimum atomic E-state index is -0.229. The largest absolute Gasteiger partial charge is 0.508 e. The van der Waals surface area contributed by atoms with Gasteiger partial charge in [0.1, 0.15) is 5.75 Å². The number of rotatable bonds is 6. The second-order valence-electron chi connectivity index (χ2n) is 8.17. The molecule has 4 heteroatoms. The summed E-state index contributed by atoms with van der Waals surface area (Å²) in [5.41, 5.74) is 8.06. The van der Waals surface area contributed by atoms with Gasteiger partial charge in [0, 0.05) is 13.1 Å². The molecular weight excluding hydrogens is 336 g/mol. The van der Waals surface area contributed by atoms with E-state index < -0.39 is 0 Å². The predicted octanol–water partition coefficient (Wildman–Crippen LogP) is 3.34. The predicted molar refractivity (Wildman–Crippen MR) is 109 cm³/mol. The van der Waals surface area contributed by atoms with Gasteiger partial charge in [0.15, 0.2) is 0 Å². The average Bonchev–Trinajstić information content (AvgIpc) is 2.65. The van der Waals surface area contributed by atoms with Crippen LogP contribution in [-0.4, -0.2) is 35.5 Å². The molecule has 1 heterocycles. The van der Waals surface area contributed by atoms with Crippen LogP contribution in [0.5, 0.6) is 5.75 Å². The Kier molecular flexibility index (Phi) is 5.85. The van der Waals surface area contributed by atoms with Crippen LogP contribution in [0.3, 0.4) is 0 Å². The molecule has 0 radical (unpaired) electrons. The maximum atomic E-state index is 12.0. The van der Waals surface area contributed by atoms with Crippen LogP contribution in [0.2, 0.25) is 0 Å². The van der Waals surface area contributed by atoms with E-state index in [9.17, 15) is 9.90 Å². The van der Waals surface area contributed by atoms with E-state index in [4.69, 9.17) is 5.73 Å². The van der Waals surface area contributed by atoms with E-state index in [0.29, 0.717) is 24.6 Å². The molecule has 1 aliphatic heterocycles. The van der Waals surface area contributed by atoms with E-state index in [0.717, 1.165) is 25.1 Å². The molecule has 144 valence electrons. The van der Waals surface area contributed by atoms with Crippen molar-refractivity contribution in [3.8, 4) is 5.75 Å². The number of nitrogens with zero attached hydrogens (tertiary/aromatic N) is 1. The topological polar surface area (TPSA) is 66.6 Å². The number of hydrogen-bond donors (Lipinski definition) is 2. The summed E-state index contributed by atoms with van der Waals surface area (Å²) < 4.78 is 0. The molecule has 3 N–H and O–H groups in total. The van der Waals surface area contributed by atoms with E-state index in [1.807, 2.05) is 42.5 Å². The van der Waals surface area contributed by atoms with E-state index in [1.165, 1.54) is 5.56 Å². The first-order valence-corrected chi connectivity index (χ1v) is 9.73. The molecular formula is C23H30N2O2. The summed E-state index contributed by atoms with van der Waals surface area (Å²) in [5.74, 6) is 0.329. The molecule has 1 fully saturated rings. The summed E-state index contributed by atoms with van der Waals surface area (Å²) in [5, 5.41) is 9.85. The van der Waals surface area contributed by atoms with Gasteiger partial charge in [0.05, 0.1) is 5.92 Å². The molecule has 0 aromatic heterocycles. The smallest absolute Gasteiger partial charge is 0.222 e. The van der Waals surface area contributed by atoms with Crippen LogP contribution >= 0.6 is 0 Å². The first kappa shape index (κ1) is 19.4. The lowest BCUT2D eigenvalue weighted by Crippen LogP contribution is -2.49. The number of phenolic OH excluding ortho intramolecular Hbond substituents is 1. The van der Waals surface area contributed by atoms with Gasteiger partial charge in [-0.1, -0.05) is 56.3 Å².